The van der Waals surface area contributed by atoms with Crippen LogP contribution in [-0.4, -0.2) is 22.8 Å². The zero-order chi connectivity index (χ0) is 12.4. The number of halogens is 3. The molecule has 4 heteroatoms. The third-order valence-corrected chi connectivity index (χ3v) is 4.86. The maximum atomic E-state index is 13.8. The molecule has 2 atom stereocenters. The maximum absolute atomic E-state index is 13.8. The minimum Gasteiger partial charge on any atom is -0.298 e. The number of likely N-dealkylation sites (tertiary alicyclic amines) is 1. The fraction of sp³-hybridized carbons (Fsp3) is 0.538. The van der Waals surface area contributed by atoms with Crippen molar-refractivity contribution in [3.05, 3.63) is 34.6 Å². The first-order valence-electron chi connectivity index (χ1n) is 5.87. The van der Waals surface area contributed by atoms with E-state index in [1.807, 2.05) is 6.07 Å². The lowest BCUT2D eigenvalue weighted by molar-refractivity contribution is 0.192. The first-order chi connectivity index (χ1) is 8.08. The van der Waals surface area contributed by atoms with Crippen LogP contribution in [0.4, 0.5) is 4.39 Å². The Morgan fingerprint density at radius 3 is 3.00 bits per heavy atom. The van der Waals surface area contributed by atoms with E-state index in [-0.39, 0.29) is 10.8 Å². The summed E-state index contributed by atoms with van der Waals surface area (Å²) in [5.74, 6) is 0.411. The van der Waals surface area contributed by atoms with Gasteiger partial charge in [0.1, 0.15) is 5.82 Å². The molecule has 0 bridgehead atoms. The molecule has 1 aromatic carbocycles. The molecule has 1 fully saturated rings. The number of piperidine rings is 1. The molecular formula is C13H16BrClFN. The van der Waals surface area contributed by atoms with Crippen molar-refractivity contribution in [1.29, 1.82) is 0 Å². The molecule has 0 aliphatic carbocycles. The van der Waals surface area contributed by atoms with Crippen LogP contribution in [0.1, 0.15) is 18.9 Å². The molecule has 1 aliphatic rings. The average Bonchev–Trinajstić information content (AvgIpc) is 2.30. The molecule has 94 valence electrons. The quantitative estimate of drug-likeness (QED) is 0.742. The van der Waals surface area contributed by atoms with E-state index < -0.39 is 0 Å². The highest BCUT2D eigenvalue weighted by Crippen LogP contribution is 2.26. The monoisotopic (exact) mass is 319 g/mol. The van der Waals surface area contributed by atoms with Gasteiger partial charge in [-0.2, -0.15) is 0 Å². The highest BCUT2D eigenvalue weighted by Gasteiger charge is 2.24. The molecule has 17 heavy (non-hydrogen) atoms. The van der Waals surface area contributed by atoms with Crippen LogP contribution in [0.3, 0.4) is 0 Å². The van der Waals surface area contributed by atoms with Gasteiger partial charge in [0.2, 0.25) is 0 Å². The first-order valence-corrected chi connectivity index (χ1v) is 7.16. The Balaban J connectivity index is 2.04. The Morgan fingerprint density at radius 2 is 2.29 bits per heavy atom. The molecule has 0 aromatic heterocycles. The fourth-order valence-electron chi connectivity index (χ4n) is 2.14. The second-order valence-electron chi connectivity index (χ2n) is 4.73. The van der Waals surface area contributed by atoms with Gasteiger partial charge < -0.3 is 0 Å². The van der Waals surface area contributed by atoms with Crippen LogP contribution in [0.5, 0.6) is 0 Å². The van der Waals surface area contributed by atoms with Crippen LogP contribution in [-0.2, 0) is 6.54 Å². The zero-order valence-corrected chi connectivity index (χ0v) is 12.1. The van der Waals surface area contributed by atoms with E-state index in [1.165, 1.54) is 0 Å². The van der Waals surface area contributed by atoms with E-state index in [2.05, 4.69) is 27.8 Å². The molecule has 1 saturated heterocycles. The summed E-state index contributed by atoms with van der Waals surface area (Å²) in [5.41, 5.74) is 0.687. The summed E-state index contributed by atoms with van der Waals surface area (Å²) >= 11 is 9.46. The molecule has 0 radical (unpaired) electrons. The van der Waals surface area contributed by atoms with Gasteiger partial charge in [0.25, 0.3) is 0 Å². The number of benzene rings is 1. The summed E-state index contributed by atoms with van der Waals surface area (Å²) in [4.78, 5) is 2.77. The standard InChI is InChI=1S/C13H16BrClFN/c1-9-5-6-17(8-11(9)14)7-10-3-2-4-12(15)13(10)16/h2-4,9,11H,5-8H2,1H3. The molecule has 0 N–H and O–H groups in total. The minimum atomic E-state index is -0.279. The van der Waals surface area contributed by atoms with Crippen LogP contribution < -0.4 is 0 Å². The average molecular weight is 321 g/mol. The van der Waals surface area contributed by atoms with Crippen LogP contribution in [0, 0.1) is 11.7 Å². The highest BCUT2D eigenvalue weighted by molar-refractivity contribution is 9.09. The molecule has 1 aromatic rings. The Kier molecular flexibility index (Phi) is 4.45. The van der Waals surface area contributed by atoms with Gasteiger partial charge in [-0.15, -0.1) is 0 Å². The Labute approximate surface area is 115 Å². The predicted octanol–water partition coefficient (Wildman–Crippen LogP) is 4.08. The van der Waals surface area contributed by atoms with Crippen molar-refractivity contribution >= 4 is 27.5 Å². The minimum absolute atomic E-state index is 0.211. The van der Waals surface area contributed by atoms with Gasteiger partial charge in [-0.25, -0.2) is 4.39 Å². The summed E-state index contributed by atoms with van der Waals surface area (Å²) in [6.45, 7) is 4.88. The number of rotatable bonds is 2. The summed E-state index contributed by atoms with van der Waals surface area (Å²) < 4.78 is 13.8. The smallest absolute Gasteiger partial charge is 0.146 e. The van der Waals surface area contributed by atoms with Gasteiger partial charge in [-0.3, -0.25) is 4.90 Å². The van der Waals surface area contributed by atoms with E-state index >= 15 is 0 Å². The van der Waals surface area contributed by atoms with Crippen LogP contribution >= 0.6 is 27.5 Å². The van der Waals surface area contributed by atoms with Crippen LogP contribution in [0.25, 0.3) is 0 Å². The summed E-state index contributed by atoms with van der Waals surface area (Å²) in [6.07, 6.45) is 1.15. The molecule has 0 spiro atoms. The number of hydrogen-bond acceptors (Lipinski definition) is 1. The Hall–Kier alpha value is -0.120. The third-order valence-electron chi connectivity index (χ3n) is 3.38. The summed E-state index contributed by atoms with van der Waals surface area (Å²) in [6, 6.07) is 5.20. The fourth-order valence-corrected chi connectivity index (χ4v) is 3.01. The van der Waals surface area contributed by atoms with Gasteiger partial charge in [0.15, 0.2) is 0 Å². The molecule has 1 aliphatic heterocycles. The van der Waals surface area contributed by atoms with Gasteiger partial charge >= 0.3 is 0 Å². The lowest BCUT2D eigenvalue weighted by Crippen LogP contribution is -2.39. The molecule has 1 nitrogen and oxygen atoms in total. The third kappa shape index (κ3) is 3.21. The number of nitrogens with zero attached hydrogens (tertiary/aromatic N) is 1. The van der Waals surface area contributed by atoms with Crippen molar-refractivity contribution < 1.29 is 4.39 Å². The van der Waals surface area contributed by atoms with Crippen molar-refractivity contribution in [3.63, 3.8) is 0 Å². The van der Waals surface area contributed by atoms with Gasteiger partial charge in [-0.05, 0) is 24.9 Å². The topological polar surface area (TPSA) is 3.24 Å². The van der Waals surface area contributed by atoms with Crippen LogP contribution in [0.15, 0.2) is 18.2 Å². The highest BCUT2D eigenvalue weighted by atomic mass is 79.9. The Morgan fingerprint density at radius 1 is 1.53 bits per heavy atom. The molecule has 0 saturated carbocycles. The normalized spacial score (nSPS) is 26.1. The van der Waals surface area contributed by atoms with E-state index in [0.717, 1.165) is 19.5 Å². The van der Waals surface area contributed by atoms with Crippen molar-refractivity contribution in [3.8, 4) is 0 Å². The molecular weight excluding hydrogens is 305 g/mol. The van der Waals surface area contributed by atoms with E-state index in [4.69, 9.17) is 11.6 Å². The lowest BCUT2D eigenvalue weighted by atomic mass is 9.98. The van der Waals surface area contributed by atoms with Crippen molar-refractivity contribution in [2.75, 3.05) is 13.1 Å². The lowest BCUT2D eigenvalue weighted by Gasteiger charge is -2.34. The maximum Gasteiger partial charge on any atom is 0.146 e. The van der Waals surface area contributed by atoms with Gasteiger partial charge in [0, 0.05) is 23.5 Å². The SMILES string of the molecule is CC1CCN(Cc2cccc(Cl)c2F)CC1Br. The largest absolute Gasteiger partial charge is 0.298 e. The Bertz CT molecular complexity index is 399. The summed E-state index contributed by atoms with van der Waals surface area (Å²) in [7, 11) is 0. The van der Waals surface area contributed by atoms with Crippen molar-refractivity contribution in [2.45, 2.75) is 24.7 Å². The number of alkyl halides is 1. The van der Waals surface area contributed by atoms with E-state index in [9.17, 15) is 4.39 Å². The van der Waals surface area contributed by atoms with Crippen molar-refractivity contribution in [1.82, 2.24) is 4.90 Å². The molecule has 2 rings (SSSR count). The van der Waals surface area contributed by atoms with Gasteiger partial charge in [0.05, 0.1) is 5.02 Å². The summed E-state index contributed by atoms with van der Waals surface area (Å²) in [5, 5.41) is 0.211. The molecule has 0 amide bonds. The predicted molar refractivity (Wildman–Crippen MR) is 73.2 cm³/mol. The van der Waals surface area contributed by atoms with Crippen LogP contribution in [0.2, 0.25) is 5.02 Å². The van der Waals surface area contributed by atoms with E-state index in [0.29, 0.717) is 22.9 Å². The van der Waals surface area contributed by atoms with E-state index in [1.54, 1.807) is 12.1 Å². The molecule has 2 unspecified atom stereocenters. The molecule has 1 heterocycles. The second-order valence-corrected chi connectivity index (χ2v) is 6.31. The van der Waals surface area contributed by atoms with Crippen molar-refractivity contribution in [2.24, 2.45) is 5.92 Å². The second kappa shape index (κ2) is 5.68. The number of hydrogen-bond donors (Lipinski definition) is 0. The van der Waals surface area contributed by atoms with Gasteiger partial charge in [-0.1, -0.05) is 46.6 Å². The first kappa shape index (κ1) is 13.3. The zero-order valence-electron chi connectivity index (χ0n) is 9.80.